The van der Waals surface area contributed by atoms with Gasteiger partial charge in [-0.05, 0) is 55.5 Å². The number of hydrogen-bond donors (Lipinski definition) is 1. The lowest BCUT2D eigenvalue weighted by Crippen LogP contribution is -1.97. The molecule has 4 aromatic rings. The molecule has 0 fully saturated rings. The van der Waals surface area contributed by atoms with E-state index in [1.165, 1.54) is 7.11 Å². The monoisotopic (exact) mass is 388 g/mol. The van der Waals surface area contributed by atoms with Crippen LogP contribution >= 0.6 is 0 Å². The van der Waals surface area contributed by atoms with E-state index in [1.807, 2.05) is 55.5 Å². The number of rotatable bonds is 6. The van der Waals surface area contributed by atoms with Crippen molar-refractivity contribution < 1.29 is 19.3 Å². The summed E-state index contributed by atoms with van der Waals surface area (Å²) in [6.45, 7) is 2.54. The molecule has 0 aliphatic heterocycles. The molecule has 0 saturated heterocycles. The molecular weight excluding hydrogens is 368 g/mol. The molecule has 0 atom stereocenters. The minimum Gasteiger partial charge on any atom is -0.504 e. The van der Waals surface area contributed by atoms with E-state index in [4.69, 9.17) is 14.2 Å². The lowest BCUT2D eigenvalue weighted by atomic mass is 10.1. The Kier molecular flexibility index (Phi) is 5.16. The van der Waals surface area contributed by atoms with Crippen molar-refractivity contribution in [1.29, 1.82) is 0 Å². The Hall–Kier alpha value is -3.80. The summed E-state index contributed by atoms with van der Waals surface area (Å²) in [6, 6.07) is 20.1. The van der Waals surface area contributed by atoms with Crippen LogP contribution in [0.1, 0.15) is 6.92 Å². The summed E-state index contributed by atoms with van der Waals surface area (Å²) in [6.07, 6.45) is 0. The number of fused-ring (bicyclic) bond motifs is 1. The van der Waals surface area contributed by atoms with E-state index >= 15 is 0 Å². The first-order valence-electron chi connectivity index (χ1n) is 9.23. The number of methoxy groups -OCH3 is 1. The zero-order chi connectivity index (χ0) is 20.2. The summed E-state index contributed by atoms with van der Waals surface area (Å²) < 4.78 is 16.7. The third-order valence-electron chi connectivity index (χ3n) is 4.38. The molecule has 29 heavy (non-hydrogen) atoms. The largest absolute Gasteiger partial charge is 0.504 e. The maximum atomic E-state index is 10.5. The van der Waals surface area contributed by atoms with Crippen LogP contribution in [0.15, 0.2) is 66.7 Å². The first-order valence-corrected chi connectivity index (χ1v) is 9.23. The molecule has 6 nitrogen and oxygen atoms in total. The third-order valence-corrected chi connectivity index (χ3v) is 4.38. The average Bonchev–Trinajstić information content (AvgIpc) is 2.75. The van der Waals surface area contributed by atoms with Crippen molar-refractivity contribution in [1.82, 2.24) is 9.97 Å². The van der Waals surface area contributed by atoms with E-state index in [0.29, 0.717) is 40.9 Å². The Morgan fingerprint density at radius 2 is 1.62 bits per heavy atom. The summed E-state index contributed by atoms with van der Waals surface area (Å²) in [4.78, 5) is 9.18. The molecule has 0 bridgehead atoms. The van der Waals surface area contributed by atoms with Gasteiger partial charge in [-0.15, -0.1) is 0 Å². The van der Waals surface area contributed by atoms with Crippen LogP contribution in [0.3, 0.4) is 0 Å². The molecule has 0 unspecified atom stereocenters. The lowest BCUT2D eigenvalue weighted by Gasteiger charge is -2.12. The van der Waals surface area contributed by atoms with Crippen molar-refractivity contribution in [3.63, 3.8) is 0 Å². The number of aromatic nitrogens is 2. The fraction of sp³-hybridized carbons (Fsp3) is 0.130. The fourth-order valence-electron chi connectivity index (χ4n) is 3.00. The predicted molar refractivity (Wildman–Crippen MR) is 111 cm³/mol. The smallest absolute Gasteiger partial charge is 0.230 e. The van der Waals surface area contributed by atoms with Crippen molar-refractivity contribution in [2.75, 3.05) is 13.7 Å². The van der Waals surface area contributed by atoms with Crippen LogP contribution < -0.4 is 14.2 Å². The second kappa shape index (κ2) is 8.06. The SMILES string of the molecule is CCOc1ccc(Oc2nc(-c3cccc(OC)c3O)nc3ccccc23)cc1. The Labute approximate surface area is 168 Å². The highest BCUT2D eigenvalue weighted by Gasteiger charge is 2.16. The molecule has 1 N–H and O–H groups in total. The first kappa shape index (κ1) is 18.6. The Balaban J connectivity index is 1.79. The van der Waals surface area contributed by atoms with Crippen molar-refractivity contribution in [2.24, 2.45) is 0 Å². The Bertz CT molecular complexity index is 1140. The zero-order valence-electron chi connectivity index (χ0n) is 16.1. The van der Waals surface area contributed by atoms with Gasteiger partial charge in [-0.3, -0.25) is 0 Å². The quantitative estimate of drug-likeness (QED) is 0.489. The number of ether oxygens (including phenoxy) is 3. The minimum atomic E-state index is -0.0164. The first-order chi connectivity index (χ1) is 14.2. The lowest BCUT2D eigenvalue weighted by molar-refractivity contribution is 0.339. The van der Waals surface area contributed by atoms with E-state index in [1.54, 1.807) is 18.2 Å². The molecule has 1 aromatic heterocycles. The Morgan fingerprint density at radius 3 is 2.38 bits per heavy atom. The van der Waals surface area contributed by atoms with Gasteiger partial charge in [0.1, 0.15) is 11.5 Å². The van der Waals surface area contributed by atoms with Gasteiger partial charge in [-0.1, -0.05) is 18.2 Å². The van der Waals surface area contributed by atoms with Crippen molar-refractivity contribution in [2.45, 2.75) is 6.92 Å². The average molecular weight is 388 g/mol. The molecule has 146 valence electrons. The van der Waals surface area contributed by atoms with Gasteiger partial charge in [0.15, 0.2) is 17.3 Å². The highest BCUT2D eigenvalue weighted by molar-refractivity contribution is 5.86. The number of para-hydroxylation sites is 2. The summed E-state index contributed by atoms with van der Waals surface area (Å²) >= 11 is 0. The number of benzene rings is 3. The van der Waals surface area contributed by atoms with Gasteiger partial charge >= 0.3 is 0 Å². The summed E-state index contributed by atoms with van der Waals surface area (Å²) in [5, 5.41) is 11.3. The molecule has 6 heteroatoms. The molecule has 0 aliphatic rings. The van der Waals surface area contributed by atoms with Crippen molar-refractivity contribution in [3.8, 4) is 40.3 Å². The summed E-state index contributed by atoms with van der Waals surface area (Å²) in [5.41, 5.74) is 1.17. The van der Waals surface area contributed by atoms with Crippen LogP contribution in [0.4, 0.5) is 0 Å². The maximum Gasteiger partial charge on any atom is 0.230 e. The standard InChI is InChI=1S/C23H20N2O4/c1-3-28-15-11-13-16(14-12-15)29-23-17-7-4-5-9-19(17)24-22(25-23)18-8-6-10-20(27-2)21(18)26/h4-14,26H,3H2,1-2H3. The number of phenolic OH excluding ortho intramolecular Hbond substituents is 1. The second-order valence-corrected chi connectivity index (χ2v) is 6.23. The number of nitrogens with zero attached hydrogens (tertiary/aromatic N) is 2. The van der Waals surface area contributed by atoms with Gasteiger partial charge in [0.2, 0.25) is 5.88 Å². The van der Waals surface area contributed by atoms with Crippen LogP contribution in [0.2, 0.25) is 0 Å². The molecule has 0 spiro atoms. The molecular formula is C23H20N2O4. The molecule has 0 saturated carbocycles. The zero-order valence-corrected chi connectivity index (χ0v) is 16.1. The number of hydrogen-bond acceptors (Lipinski definition) is 6. The predicted octanol–water partition coefficient (Wildman–Crippen LogP) is 5.20. The van der Waals surface area contributed by atoms with Gasteiger partial charge in [0.05, 0.1) is 30.2 Å². The van der Waals surface area contributed by atoms with Gasteiger partial charge < -0.3 is 19.3 Å². The fourth-order valence-corrected chi connectivity index (χ4v) is 3.00. The van der Waals surface area contributed by atoms with Crippen LogP contribution in [-0.4, -0.2) is 28.8 Å². The molecule has 0 amide bonds. The third kappa shape index (κ3) is 3.78. The van der Waals surface area contributed by atoms with E-state index < -0.39 is 0 Å². The highest BCUT2D eigenvalue weighted by atomic mass is 16.5. The molecule has 1 heterocycles. The number of phenols is 1. The van der Waals surface area contributed by atoms with Gasteiger partial charge in [0, 0.05) is 0 Å². The summed E-state index contributed by atoms with van der Waals surface area (Å²) in [5.74, 6) is 2.48. The topological polar surface area (TPSA) is 73.7 Å². The van der Waals surface area contributed by atoms with E-state index in [-0.39, 0.29) is 5.75 Å². The maximum absolute atomic E-state index is 10.5. The molecule has 4 rings (SSSR count). The van der Waals surface area contributed by atoms with Gasteiger partial charge in [0.25, 0.3) is 0 Å². The second-order valence-electron chi connectivity index (χ2n) is 6.23. The van der Waals surface area contributed by atoms with Crippen molar-refractivity contribution >= 4 is 10.9 Å². The van der Waals surface area contributed by atoms with Crippen molar-refractivity contribution in [3.05, 3.63) is 66.7 Å². The van der Waals surface area contributed by atoms with E-state index in [0.717, 1.165) is 11.1 Å². The minimum absolute atomic E-state index is 0.0164. The van der Waals surface area contributed by atoms with Crippen LogP contribution in [0, 0.1) is 0 Å². The highest BCUT2D eigenvalue weighted by Crippen LogP contribution is 2.37. The van der Waals surface area contributed by atoms with Gasteiger partial charge in [-0.2, -0.15) is 4.98 Å². The van der Waals surface area contributed by atoms with Crippen LogP contribution in [0.5, 0.6) is 28.9 Å². The van der Waals surface area contributed by atoms with Crippen LogP contribution in [0.25, 0.3) is 22.3 Å². The van der Waals surface area contributed by atoms with E-state index in [9.17, 15) is 5.11 Å². The number of aromatic hydroxyl groups is 1. The normalized spacial score (nSPS) is 10.7. The Morgan fingerprint density at radius 1 is 0.862 bits per heavy atom. The van der Waals surface area contributed by atoms with E-state index in [2.05, 4.69) is 9.97 Å². The van der Waals surface area contributed by atoms with Crippen LogP contribution in [-0.2, 0) is 0 Å². The molecule has 0 aliphatic carbocycles. The van der Waals surface area contributed by atoms with Gasteiger partial charge in [-0.25, -0.2) is 4.98 Å². The molecule has 3 aromatic carbocycles. The summed E-state index contributed by atoms with van der Waals surface area (Å²) in [7, 11) is 1.50. The molecule has 0 radical (unpaired) electrons.